The molecular weight excluding hydrogens is 947 g/mol. The average Bonchev–Trinajstić information content (AvgIpc) is 4.13. The maximum absolute atomic E-state index is 14.5. The molecule has 6 atom stereocenters. The van der Waals surface area contributed by atoms with Gasteiger partial charge in [-0.1, -0.05) is 91.3 Å². The number of alkyl carbamates (subject to hydrolysis) is 1. The van der Waals surface area contributed by atoms with Gasteiger partial charge < -0.3 is 57.1 Å². The summed E-state index contributed by atoms with van der Waals surface area (Å²) in [4.78, 5) is 117. The predicted molar refractivity (Wildman–Crippen MR) is 275 cm³/mol. The third kappa shape index (κ3) is 13.2. The maximum atomic E-state index is 14.5. The number of hydrogen-bond donors (Lipinski definition) is 10. The summed E-state index contributed by atoms with van der Waals surface area (Å²) in [5.41, 5.74) is 10.6. The van der Waals surface area contributed by atoms with Crippen LogP contribution in [0.4, 0.5) is 4.79 Å². The molecule has 8 rings (SSSR count). The molecular formula is C55H59N9O10. The van der Waals surface area contributed by atoms with E-state index < -0.39 is 77.7 Å². The topological polar surface area (TPSA) is 300 Å². The SMILES string of the molecule is NC(=O)CC[C@H](NC(=O)[C@H](Cc1c[nH]c2ccccc12)NC(=O)CC[C@H]1CCC[C@@H](NC(=O)[C@H](Cc2c[nH]c3ccccc23)NC(=O)[C@H](Cc2c[nH]c3ccccc23)NC(=O)OCc2ccccc2)C1=O)C(=O)O. The molecule has 1 saturated carbocycles. The number of carboxylic acids is 1. The van der Waals surface area contributed by atoms with Crippen LogP contribution in [0.25, 0.3) is 32.7 Å². The fourth-order valence-corrected chi connectivity index (χ4v) is 9.60. The Morgan fingerprint density at radius 1 is 0.595 bits per heavy atom. The van der Waals surface area contributed by atoms with Gasteiger partial charge in [0, 0.05) is 89.3 Å². The molecule has 1 aliphatic rings. The van der Waals surface area contributed by atoms with Gasteiger partial charge in [-0.05, 0) is 66.1 Å². The van der Waals surface area contributed by atoms with Crippen LogP contribution in [0, 0.1) is 5.92 Å². The van der Waals surface area contributed by atoms with E-state index in [-0.39, 0.29) is 57.3 Å². The van der Waals surface area contributed by atoms with Crippen molar-refractivity contribution in [3.63, 3.8) is 0 Å². The minimum absolute atomic E-state index is 0.00531. The summed E-state index contributed by atoms with van der Waals surface area (Å²) in [5.74, 6) is -5.67. The molecule has 3 heterocycles. The molecule has 4 aromatic carbocycles. The Bertz CT molecular complexity index is 3160. The first kappa shape index (κ1) is 51.6. The van der Waals surface area contributed by atoms with Crippen molar-refractivity contribution < 1.29 is 48.2 Å². The lowest BCUT2D eigenvalue weighted by molar-refractivity contribution is -0.142. The van der Waals surface area contributed by atoms with Crippen molar-refractivity contribution in [1.82, 2.24) is 41.5 Å². The number of nitrogens with one attached hydrogen (secondary N) is 8. The number of benzene rings is 4. The molecule has 0 aliphatic heterocycles. The van der Waals surface area contributed by atoms with Crippen molar-refractivity contribution in [1.29, 1.82) is 0 Å². The van der Waals surface area contributed by atoms with Gasteiger partial charge in [-0.15, -0.1) is 0 Å². The Morgan fingerprint density at radius 2 is 1.08 bits per heavy atom. The molecule has 0 saturated heterocycles. The molecule has 19 nitrogen and oxygen atoms in total. The van der Waals surface area contributed by atoms with Gasteiger partial charge in [0.05, 0.1) is 6.04 Å². The third-order valence-electron chi connectivity index (χ3n) is 13.5. The summed E-state index contributed by atoms with van der Waals surface area (Å²) < 4.78 is 5.52. The Balaban J connectivity index is 0.956. The van der Waals surface area contributed by atoms with E-state index in [0.717, 1.165) is 49.4 Å². The van der Waals surface area contributed by atoms with E-state index in [9.17, 15) is 43.5 Å². The van der Waals surface area contributed by atoms with Gasteiger partial charge >= 0.3 is 12.1 Å². The van der Waals surface area contributed by atoms with Crippen molar-refractivity contribution in [3.05, 3.63) is 144 Å². The van der Waals surface area contributed by atoms with Crippen LogP contribution in [-0.2, 0) is 64.2 Å². The van der Waals surface area contributed by atoms with E-state index in [1.165, 1.54) is 0 Å². The number of nitrogens with two attached hydrogens (primary N) is 1. The Hall–Kier alpha value is -8.74. The summed E-state index contributed by atoms with van der Waals surface area (Å²) in [7, 11) is 0. The molecule has 11 N–H and O–H groups in total. The first-order valence-electron chi connectivity index (χ1n) is 24.7. The standard InChI is InChI=1S/C55H59N9O10/c56-48(65)23-22-44(54(71)72)62-51(68)45(25-34-28-57-40-17-7-4-14-37(34)40)60-49(66)24-21-33-13-10-20-43(50(33)67)61-52(69)46(26-35-29-58-41-18-8-5-15-38(35)41)63-53(70)47(27-36-30-59-42-19-9-6-16-39(36)42)64-55(73)74-31-32-11-2-1-3-12-32/h1-9,11-12,14-19,28-30,33,43-47,57-59H,10,13,20-27,31H2,(H2,56,65)(H,60,66)(H,61,69)(H,62,68)(H,63,70)(H,64,73)(H,71,72)/t33-,43-,44+,45+,46+,47+/m1/s1. The molecule has 0 radical (unpaired) electrons. The molecule has 0 unspecified atom stereocenters. The number of H-pyrrole nitrogens is 3. The molecule has 0 spiro atoms. The van der Waals surface area contributed by atoms with Crippen LogP contribution in [0.1, 0.15) is 67.2 Å². The number of ketones is 1. The summed E-state index contributed by atoms with van der Waals surface area (Å²) in [6.45, 7) is -0.0416. The van der Waals surface area contributed by atoms with Crippen molar-refractivity contribution >= 4 is 80.1 Å². The first-order valence-corrected chi connectivity index (χ1v) is 24.7. The highest BCUT2D eigenvalue weighted by Gasteiger charge is 2.36. The van der Waals surface area contributed by atoms with E-state index in [4.69, 9.17) is 10.5 Å². The van der Waals surface area contributed by atoms with Crippen LogP contribution in [0.3, 0.4) is 0 Å². The highest BCUT2D eigenvalue weighted by Crippen LogP contribution is 2.27. The van der Waals surface area contributed by atoms with E-state index >= 15 is 0 Å². The van der Waals surface area contributed by atoms with Crippen LogP contribution in [0.5, 0.6) is 0 Å². The molecule has 3 aromatic heterocycles. The quantitative estimate of drug-likeness (QED) is 0.0414. The number of aliphatic carboxylic acids is 1. The number of aromatic amines is 3. The molecule has 6 amide bonds. The molecule has 1 aliphatic carbocycles. The third-order valence-corrected chi connectivity index (χ3v) is 13.5. The fraction of sp³-hybridized carbons (Fsp3) is 0.309. The minimum atomic E-state index is -1.45. The summed E-state index contributed by atoms with van der Waals surface area (Å²) in [6.07, 6.45) is 5.12. The van der Waals surface area contributed by atoms with Gasteiger partial charge in [-0.25, -0.2) is 9.59 Å². The fourth-order valence-electron chi connectivity index (χ4n) is 9.60. The normalized spacial score (nSPS) is 16.1. The predicted octanol–water partition coefficient (Wildman–Crippen LogP) is 4.89. The summed E-state index contributed by atoms with van der Waals surface area (Å²) in [5, 5.41) is 26.0. The van der Waals surface area contributed by atoms with Crippen LogP contribution in [0.15, 0.2) is 122 Å². The largest absolute Gasteiger partial charge is 0.480 e. The second-order valence-electron chi connectivity index (χ2n) is 18.7. The number of primary amides is 1. The molecule has 384 valence electrons. The van der Waals surface area contributed by atoms with Crippen molar-refractivity contribution in [2.75, 3.05) is 0 Å². The van der Waals surface area contributed by atoms with Crippen LogP contribution < -0.4 is 32.3 Å². The van der Waals surface area contributed by atoms with Gasteiger partial charge in [0.15, 0.2) is 5.78 Å². The highest BCUT2D eigenvalue weighted by atomic mass is 16.5. The van der Waals surface area contributed by atoms with Gasteiger partial charge in [0.25, 0.3) is 0 Å². The van der Waals surface area contributed by atoms with Crippen LogP contribution >= 0.6 is 0 Å². The van der Waals surface area contributed by atoms with Crippen molar-refractivity contribution in [2.45, 2.75) is 101 Å². The highest BCUT2D eigenvalue weighted by molar-refractivity contribution is 5.97. The van der Waals surface area contributed by atoms with Crippen molar-refractivity contribution in [3.8, 4) is 0 Å². The number of hydrogen-bond acceptors (Lipinski definition) is 9. The molecule has 74 heavy (non-hydrogen) atoms. The van der Waals surface area contributed by atoms with Crippen molar-refractivity contribution in [2.24, 2.45) is 11.7 Å². The van der Waals surface area contributed by atoms with Gasteiger partial charge in [-0.2, -0.15) is 0 Å². The Kier molecular flexibility index (Phi) is 16.8. The second-order valence-corrected chi connectivity index (χ2v) is 18.7. The zero-order valence-electron chi connectivity index (χ0n) is 40.5. The lowest BCUT2D eigenvalue weighted by Crippen LogP contribution is -2.57. The summed E-state index contributed by atoms with van der Waals surface area (Å²) in [6, 6.07) is 25.5. The molecule has 7 aromatic rings. The zero-order valence-corrected chi connectivity index (χ0v) is 40.5. The summed E-state index contributed by atoms with van der Waals surface area (Å²) >= 11 is 0. The number of amides is 6. The van der Waals surface area contributed by atoms with Gasteiger partial charge in [0.1, 0.15) is 30.8 Å². The van der Waals surface area contributed by atoms with E-state index in [1.54, 1.807) is 30.7 Å². The Morgan fingerprint density at radius 3 is 1.61 bits per heavy atom. The number of carbonyl (C=O) groups is 8. The monoisotopic (exact) mass is 1010 g/mol. The molecule has 19 heteroatoms. The number of fused-ring (bicyclic) bond motifs is 3. The smallest absolute Gasteiger partial charge is 0.408 e. The van der Waals surface area contributed by atoms with E-state index in [1.807, 2.05) is 91.0 Å². The zero-order chi connectivity index (χ0) is 52.1. The lowest BCUT2D eigenvalue weighted by atomic mass is 9.81. The minimum Gasteiger partial charge on any atom is -0.480 e. The second kappa shape index (κ2) is 24.1. The first-order chi connectivity index (χ1) is 35.8. The maximum Gasteiger partial charge on any atom is 0.408 e. The van der Waals surface area contributed by atoms with Gasteiger partial charge in [-0.3, -0.25) is 28.8 Å². The number of aromatic nitrogens is 3. The number of ether oxygens (including phenoxy) is 1. The van der Waals surface area contributed by atoms with Crippen LogP contribution in [0.2, 0.25) is 0 Å². The van der Waals surface area contributed by atoms with Crippen LogP contribution in [-0.4, -0.2) is 97.6 Å². The lowest BCUT2D eigenvalue weighted by Gasteiger charge is -2.30. The van der Waals surface area contributed by atoms with E-state index in [0.29, 0.717) is 24.8 Å². The number of para-hydroxylation sites is 3. The molecule has 0 bridgehead atoms. The Labute approximate surface area is 425 Å². The van der Waals surface area contributed by atoms with Gasteiger partial charge in [0.2, 0.25) is 29.5 Å². The average molecular weight is 1010 g/mol. The number of rotatable bonds is 23. The number of carboxylic acid groups (broad SMARTS) is 1. The van der Waals surface area contributed by atoms with E-state index in [2.05, 4.69) is 41.5 Å². The molecule has 1 fully saturated rings. The number of carbonyl (C=O) groups excluding carboxylic acids is 7. The number of Topliss-reactive ketones (excluding diaryl/α,β-unsaturated/α-hetero) is 1.